The minimum atomic E-state index is -0.229. The van der Waals surface area contributed by atoms with Gasteiger partial charge in [0, 0.05) is 21.9 Å². The summed E-state index contributed by atoms with van der Waals surface area (Å²) in [6, 6.07) is 65.2. The highest BCUT2D eigenvalue weighted by molar-refractivity contribution is 6.27. The number of furan rings is 1. The van der Waals surface area contributed by atoms with Crippen molar-refractivity contribution in [1.29, 1.82) is 0 Å². The summed E-state index contributed by atoms with van der Waals surface area (Å²) in [5.74, 6) is -0.229. The number of fused-ring (bicyclic) bond motifs is 7. The molecule has 0 fully saturated rings. The van der Waals surface area contributed by atoms with Crippen molar-refractivity contribution < 1.29 is 8.81 Å². The zero-order valence-electron chi connectivity index (χ0n) is 29.2. The van der Waals surface area contributed by atoms with Crippen LogP contribution in [0, 0.1) is 5.82 Å². The van der Waals surface area contributed by atoms with Gasteiger partial charge in [-0.2, -0.15) is 0 Å². The van der Waals surface area contributed by atoms with E-state index < -0.39 is 0 Å². The molecule has 0 atom stereocenters. The van der Waals surface area contributed by atoms with Crippen LogP contribution in [0.15, 0.2) is 192 Å². The van der Waals surface area contributed by atoms with Crippen LogP contribution < -0.4 is 0 Å². The van der Waals surface area contributed by atoms with E-state index in [4.69, 9.17) is 4.42 Å². The average molecular weight is 691 g/mol. The van der Waals surface area contributed by atoms with Crippen LogP contribution in [0.5, 0.6) is 0 Å². The van der Waals surface area contributed by atoms with E-state index in [1.54, 1.807) is 12.1 Å². The van der Waals surface area contributed by atoms with Crippen LogP contribution in [-0.4, -0.2) is 0 Å². The molecule has 0 aliphatic rings. The van der Waals surface area contributed by atoms with Gasteiger partial charge in [0.2, 0.25) is 0 Å². The average Bonchev–Trinajstić information content (AvgIpc) is 3.61. The molecule has 10 aromatic carbocycles. The fraction of sp³-hybridized carbons (Fsp3) is 0. The Morgan fingerprint density at radius 3 is 1.30 bits per heavy atom. The van der Waals surface area contributed by atoms with Crippen LogP contribution in [0.1, 0.15) is 0 Å². The smallest absolute Gasteiger partial charge is 0.136 e. The fourth-order valence-corrected chi connectivity index (χ4v) is 8.92. The van der Waals surface area contributed by atoms with Crippen molar-refractivity contribution in [2.45, 2.75) is 0 Å². The first-order chi connectivity index (χ1) is 26.7. The number of halogens is 1. The molecule has 11 rings (SSSR count). The van der Waals surface area contributed by atoms with Crippen molar-refractivity contribution in [3.8, 4) is 44.5 Å². The van der Waals surface area contributed by atoms with Gasteiger partial charge in [-0.15, -0.1) is 0 Å². The molecule has 0 aliphatic heterocycles. The van der Waals surface area contributed by atoms with E-state index in [1.165, 1.54) is 38.2 Å². The molecule has 1 nitrogen and oxygen atoms in total. The van der Waals surface area contributed by atoms with Crippen LogP contribution in [0.25, 0.3) is 110 Å². The van der Waals surface area contributed by atoms with E-state index in [9.17, 15) is 0 Å². The second kappa shape index (κ2) is 12.0. The highest BCUT2D eigenvalue weighted by atomic mass is 19.1. The summed E-state index contributed by atoms with van der Waals surface area (Å²) in [5, 5.41) is 11.2. The van der Waals surface area contributed by atoms with Crippen molar-refractivity contribution >= 4 is 65.0 Å². The van der Waals surface area contributed by atoms with Gasteiger partial charge in [0.25, 0.3) is 0 Å². The Morgan fingerprint density at radius 1 is 0.296 bits per heavy atom. The van der Waals surface area contributed by atoms with E-state index in [2.05, 4.69) is 152 Å². The summed E-state index contributed by atoms with van der Waals surface area (Å²) >= 11 is 0. The van der Waals surface area contributed by atoms with Gasteiger partial charge in [-0.05, 0) is 101 Å². The molecule has 0 radical (unpaired) electrons. The molecule has 0 amide bonds. The molecule has 0 saturated heterocycles. The third-order valence-electron chi connectivity index (χ3n) is 11.1. The number of hydrogen-bond acceptors (Lipinski definition) is 1. The first-order valence-electron chi connectivity index (χ1n) is 18.4. The predicted octanol–water partition coefficient (Wildman–Crippen LogP) is 15.0. The van der Waals surface area contributed by atoms with Gasteiger partial charge >= 0.3 is 0 Å². The molecular formula is C52H31FO. The number of rotatable bonds is 4. The molecule has 0 bridgehead atoms. The molecule has 1 aromatic heterocycles. The normalized spacial score (nSPS) is 11.8. The lowest BCUT2D eigenvalue weighted by molar-refractivity contribution is 0.631. The molecule has 11 aromatic rings. The summed E-state index contributed by atoms with van der Waals surface area (Å²) in [6.07, 6.45) is 0. The van der Waals surface area contributed by atoms with E-state index in [0.717, 1.165) is 65.7 Å². The van der Waals surface area contributed by atoms with Crippen molar-refractivity contribution in [2.75, 3.05) is 0 Å². The monoisotopic (exact) mass is 690 g/mol. The summed E-state index contributed by atoms with van der Waals surface area (Å²) < 4.78 is 22.2. The van der Waals surface area contributed by atoms with Gasteiger partial charge in [0.05, 0.1) is 0 Å². The quantitative estimate of drug-likeness (QED) is 0.168. The minimum absolute atomic E-state index is 0.229. The maximum Gasteiger partial charge on any atom is 0.136 e. The molecule has 0 spiro atoms. The lowest BCUT2D eigenvalue weighted by Gasteiger charge is -2.18. The summed E-state index contributed by atoms with van der Waals surface area (Å²) in [7, 11) is 0. The van der Waals surface area contributed by atoms with Crippen molar-refractivity contribution in [3.05, 3.63) is 194 Å². The molecular weight excluding hydrogens is 660 g/mol. The maximum absolute atomic E-state index is 15.6. The largest absolute Gasteiger partial charge is 0.456 e. The standard InChI is InChI=1S/C52H31FO/c53-45-27-13-12-25-42(45)50-38-21-8-10-23-40(38)51(41-24-11-9-22-39(41)50)43-26-14-28-47-52(43)44-31-33(29-30-46(44)54-47)49-36-19-6-4-17-34(36)48(32-15-2-1-3-16-32)35-18-5-7-20-37(35)49/h1-31H. The Balaban J connectivity index is 1.23. The fourth-order valence-electron chi connectivity index (χ4n) is 8.92. The molecule has 252 valence electrons. The van der Waals surface area contributed by atoms with Gasteiger partial charge in [0.1, 0.15) is 17.0 Å². The Morgan fingerprint density at radius 2 is 0.741 bits per heavy atom. The van der Waals surface area contributed by atoms with Gasteiger partial charge in [0.15, 0.2) is 0 Å². The summed E-state index contributed by atoms with van der Waals surface area (Å²) in [6.45, 7) is 0. The van der Waals surface area contributed by atoms with Crippen LogP contribution in [0.4, 0.5) is 4.39 Å². The summed E-state index contributed by atoms with van der Waals surface area (Å²) in [4.78, 5) is 0. The molecule has 0 aliphatic carbocycles. The van der Waals surface area contributed by atoms with Crippen LogP contribution in [0.3, 0.4) is 0 Å². The second-order valence-electron chi connectivity index (χ2n) is 14.0. The van der Waals surface area contributed by atoms with Gasteiger partial charge in [-0.3, -0.25) is 0 Å². The Labute approximate surface area is 311 Å². The topological polar surface area (TPSA) is 13.1 Å². The minimum Gasteiger partial charge on any atom is -0.456 e. The van der Waals surface area contributed by atoms with Crippen LogP contribution in [-0.2, 0) is 0 Å². The number of benzene rings is 10. The zero-order chi connectivity index (χ0) is 35.8. The molecule has 54 heavy (non-hydrogen) atoms. The Kier molecular flexibility index (Phi) is 6.80. The zero-order valence-corrected chi connectivity index (χ0v) is 29.2. The van der Waals surface area contributed by atoms with Gasteiger partial charge < -0.3 is 4.42 Å². The highest BCUT2D eigenvalue weighted by Crippen LogP contribution is 2.49. The van der Waals surface area contributed by atoms with Crippen LogP contribution in [0.2, 0.25) is 0 Å². The third-order valence-corrected chi connectivity index (χ3v) is 11.1. The van der Waals surface area contributed by atoms with Crippen LogP contribution >= 0.6 is 0 Å². The Bertz CT molecular complexity index is 3170. The summed E-state index contributed by atoms with van der Waals surface area (Å²) in [5.41, 5.74) is 10.2. The lowest BCUT2D eigenvalue weighted by Crippen LogP contribution is -1.93. The van der Waals surface area contributed by atoms with Gasteiger partial charge in [-0.25, -0.2) is 4.39 Å². The van der Waals surface area contributed by atoms with E-state index >= 15 is 4.39 Å². The molecule has 0 unspecified atom stereocenters. The first kappa shape index (κ1) is 30.6. The van der Waals surface area contributed by atoms with Crippen molar-refractivity contribution in [3.63, 3.8) is 0 Å². The SMILES string of the molecule is Fc1ccccc1-c1c2ccccc2c(-c2cccc3oc4ccc(-c5c6ccccc6c(-c6ccccc6)c6ccccc56)cc4c23)c2ccccc12. The second-order valence-corrected chi connectivity index (χ2v) is 14.0. The van der Waals surface area contributed by atoms with E-state index in [-0.39, 0.29) is 5.82 Å². The molecule has 0 N–H and O–H groups in total. The van der Waals surface area contributed by atoms with E-state index in [1.807, 2.05) is 24.3 Å². The third kappa shape index (κ3) is 4.50. The molecule has 1 heterocycles. The lowest BCUT2D eigenvalue weighted by atomic mass is 9.84. The molecule has 2 heteroatoms. The first-order valence-corrected chi connectivity index (χ1v) is 18.4. The molecule has 0 saturated carbocycles. The van der Waals surface area contributed by atoms with Gasteiger partial charge in [-0.1, -0.05) is 164 Å². The Hall–Kier alpha value is -7.03. The van der Waals surface area contributed by atoms with Crippen molar-refractivity contribution in [1.82, 2.24) is 0 Å². The van der Waals surface area contributed by atoms with E-state index in [0.29, 0.717) is 5.56 Å². The number of hydrogen-bond donors (Lipinski definition) is 0. The maximum atomic E-state index is 15.6. The highest BCUT2D eigenvalue weighted by Gasteiger charge is 2.22. The predicted molar refractivity (Wildman–Crippen MR) is 225 cm³/mol. The van der Waals surface area contributed by atoms with Crippen molar-refractivity contribution in [2.24, 2.45) is 0 Å².